The van der Waals surface area contributed by atoms with Gasteiger partial charge in [-0.25, -0.2) is 18.7 Å². The predicted octanol–water partition coefficient (Wildman–Crippen LogP) is 3.35. The molecule has 28 heavy (non-hydrogen) atoms. The Morgan fingerprint density at radius 1 is 1.25 bits per heavy atom. The molecule has 2 aromatic rings. The highest BCUT2D eigenvalue weighted by molar-refractivity contribution is 5.73. The highest BCUT2D eigenvalue weighted by Crippen LogP contribution is 2.33. The van der Waals surface area contributed by atoms with E-state index >= 15 is 0 Å². The molecule has 0 saturated carbocycles. The van der Waals surface area contributed by atoms with E-state index in [2.05, 4.69) is 15.3 Å². The second-order valence-electron chi connectivity index (χ2n) is 6.51. The van der Waals surface area contributed by atoms with Gasteiger partial charge in [0.25, 0.3) is 0 Å². The summed E-state index contributed by atoms with van der Waals surface area (Å²) in [6, 6.07) is 3.42. The van der Waals surface area contributed by atoms with Crippen LogP contribution in [0.4, 0.5) is 27.8 Å². The molecule has 150 valence electrons. The topological polar surface area (TPSA) is 58.1 Å². The van der Waals surface area contributed by atoms with Crippen molar-refractivity contribution in [2.75, 3.05) is 18.0 Å². The summed E-state index contributed by atoms with van der Waals surface area (Å²) in [6.07, 6.45) is -4.53. The number of carbonyl (C=O) groups is 1. The van der Waals surface area contributed by atoms with Crippen molar-refractivity contribution >= 4 is 11.7 Å². The molecule has 5 nitrogen and oxygen atoms in total. The number of carbonyl (C=O) groups excluding carboxylic acids is 1. The average Bonchev–Trinajstić information content (AvgIpc) is 2.62. The van der Waals surface area contributed by atoms with Crippen molar-refractivity contribution in [3.05, 3.63) is 42.0 Å². The first-order valence-electron chi connectivity index (χ1n) is 8.50. The largest absolute Gasteiger partial charge is 0.419 e. The predicted molar refractivity (Wildman–Crippen MR) is 91.8 cm³/mol. The Morgan fingerprint density at radius 3 is 2.61 bits per heavy atom. The summed E-state index contributed by atoms with van der Waals surface area (Å²) in [5.41, 5.74) is -0.984. The minimum absolute atomic E-state index is 0.0111. The number of nitrogens with one attached hydrogen (secondary N) is 1. The Kier molecular flexibility index (Phi) is 5.48. The number of piperidine rings is 1. The molecule has 1 N–H and O–H groups in total. The van der Waals surface area contributed by atoms with Gasteiger partial charge in [0.05, 0.1) is 23.8 Å². The molecule has 0 radical (unpaired) electrons. The molecule has 3 rings (SSSR count). The molecule has 1 aliphatic rings. The highest BCUT2D eigenvalue weighted by atomic mass is 19.4. The summed E-state index contributed by atoms with van der Waals surface area (Å²) < 4.78 is 66.3. The van der Waals surface area contributed by atoms with E-state index in [-0.39, 0.29) is 23.7 Å². The number of nitrogens with zero attached hydrogens (tertiary/aromatic N) is 3. The van der Waals surface area contributed by atoms with Crippen molar-refractivity contribution in [2.24, 2.45) is 0 Å². The van der Waals surface area contributed by atoms with Crippen LogP contribution in [0, 0.1) is 5.82 Å². The first-order chi connectivity index (χ1) is 13.1. The van der Waals surface area contributed by atoms with Gasteiger partial charge in [-0.3, -0.25) is 4.79 Å². The van der Waals surface area contributed by atoms with Gasteiger partial charge in [-0.15, -0.1) is 0 Å². The Hall–Kier alpha value is -2.78. The average molecular weight is 400 g/mol. The maximum atomic E-state index is 14.3. The first kappa shape index (κ1) is 20.0. The summed E-state index contributed by atoms with van der Waals surface area (Å²) in [5, 5.41) is 2.56. The fraction of sp³-hybridized carbons (Fsp3) is 0.389. The minimum atomic E-state index is -4.78. The monoisotopic (exact) mass is 400 g/mol. The first-order valence-corrected chi connectivity index (χ1v) is 8.50. The van der Waals surface area contributed by atoms with Gasteiger partial charge in [-0.05, 0) is 18.6 Å². The zero-order valence-electron chi connectivity index (χ0n) is 14.8. The fourth-order valence-corrected chi connectivity index (χ4v) is 3.12. The number of hydrogen-bond donors (Lipinski definition) is 1. The molecule has 1 fully saturated rings. The van der Waals surface area contributed by atoms with E-state index in [9.17, 15) is 26.7 Å². The van der Waals surface area contributed by atoms with Crippen LogP contribution in [-0.4, -0.2) is 41.2 Å². The van der Waals surface area contributed by atoms with Crippen molar-refractivity contribution in [1.29, 1.82) is 0 Å². The summed E-state index contributed by atoms with van der Waals surface area (Å²) in [5.74, 6) is -1.34. The molecule has 1 aliphatic heterocycles. The van der Waals surface area contributed by atoms with E-state index in [0.717, 1.165) is 12.1 Å². The third kappa shape index (κ3) is 4.37. The Bertz CT molecular complexity index is 873. The summed E-state index contributed by atoms with van der Waals surface area (Å²) in [6.45, 7) is 1.73. The lowest BCUT2D eigenvalue weighted by molar-refractivity contribution is -0.140. The van der Waals surface area contributed by atoms with Gasteiger partial charge < -0.3 is 10.2 Å². The van der Waals surface area contributed by atoms with Crippen molar-refractivity contribution < 1.29 is 26.7 Å². The Balaban J connectivity index is 1.80. The number of hydrogen-bond acceptors (Lipinski definition) is 4. The van der Waals surface area contributed by atoms with Gasteiger partial charge in [0.1, 0.15) is 24.1 Å². The molecule has 2 atom stereocenters. The quantitative estimate of drug-likeness (QED) is 0.803. The maximum Gasteiger partial charge on any atom is 0.419 e. The minimum Gasteiger partial charge on any atom is -0.353 e. The van der Waals surface area contributed by atoms with Gasteiger partial charge in [0, 0.05) is 25.1 Å². The SMILES string of the molecule is CC(=O)NC1CCN(c2cc(-c3ccc(C(F)(F)F)c(F)c3)ncn2)CC1F. The lowest BCUT2D eigenvalue weighted by Gasteiger charge is -2.35. The summed E-state index contributed by atoms with van der Waals surface area (Å²) >= 11 is 0. The zero-order chi connectivity index (χ0) is 20.5. The molecule has 0 aliphatic carbocycles. The molecular formula is C18H17F5N4O. The number of halogens is 5. The second kappa shape index (κ2) is 7.69. The third-order valence-corrected chi connectivity index (χ3v) is 4.48. The van der Waals surface area contributed by atoms with Gasteiger partial charge in [0.2, 0.25) is 5.91 Å². The molecule has 0 bridgehead atoms. The lowest BCUT2D eigenvalue weighted by Crippen LogP contribution is -2.52. The summed E-state index contributed by atoms with van der Waals surface area (Å²) in [4.78, 5) is 20.8. The lowest BCUT2D eigenvalue weighted by atomic mass is 10.0. The van der Waals surface area contributed by atoms with E-state index in [0.29, 0.717) is 24.8 Å². The smallest absolute Gasteiger partial charge is 0.353 e. The number of benzene rings is 1. The Morgan fingerprint density at radius 2 is 2.00 bits per heavy atom. The maximum absolute atomic E-state index is 14.3. The van der Waals surface area contributed by atoms with Crippen LogP contribution in [0.5, 0.6) is 0 Å². The molecule has 0 spiro atoms. The van der Waals surface area contributed by atoms with Crippen molar-refractivity contribution in [2.45, 2.75) is 31.7 Å². The van der Waals surface area contributed by atoms with E-state index in [1.165, 1.54) is 19.3 Å². The molecular weight excluding hydrogens is 383 g/mol. The number of anilines is 1. The van der Waals surface area contributed by atoms with Crippen LogP contribution >= 0.6 is 0 Å². The van der Waals surface area contributed by atoms with E-state index < -0.39 is 29.8 Å². The van der Waals surface area contributed by atoms with Crippen molar-refractivity contribution in [1.82, 2.24) is 15.3 Å². The number of aromatic nitrogens is 2. The second-order valence-corrected chi connectivity index (χ2v) is 6.51. The zero-order valence-corrected chi connectivity index (χ0v) is 14.8. The standard InChI is InChI=1S/C18H17F5N4O/c1-10(28)26-15-4-5-27(8-14(15)20)17-7-16(24-9-25-17)11-2-3-12(13(19)6-11)18(21,22)23/h2-3,6-7,9,14-15H,4-5,8H2,1H3,(H,26,28). The summed E-state index contributed by atoms with van der Waals surface area (Å²) in [7, 11) is 0. The van der Waals surface area contributed by atoms with Crippen LogP contribution in [0.15, 0.2) is 30.6 Å². The van der Waals surface area contributed by atoms with Crippen LogP contribution in [0.2, 0.25) is 0 Å². The molecule has 2 unspecified atom stereocenters. The molecule has 1 saturated heterocycles. The molecule has 1 aromatic carbocycles. The van der Waals surface area contributed by atoms with Crippen LogP contribution in [0.3, 0.4) is 0 Å². The third-order valence-electron chi connectivity index (χ3n) is 4.48. The molecule has 2 heterocycles. The fourth-order valence-electron chi connectivity index (χ4n) is 3.12. The molecule has 1 amide bonds. The molecule has 1 aromatic heterocycles. The van der Waals surface area contributed by atoms with E-state index in [4.69, 9.17) is 0 Å². The van der Waals surface area contributed by atoms with E-state index in [1.807, 2.05) is 0 Å². The van der Waals surface area contributed by atoms with Gasteiger partial charge in [-0.1, -0.05) is 6.07 Å². The van der Waals surface area contributed by atoms with Gasteiger partial charge >= 0.3 is 6.18 Å². The van der Waals surface area contributed by atoms with Crippen LogP contribution in [0.25, 0.3) is 11.3 Å². The molecule has 10 heteroatoms. The van der Waals surface area contributed by atoms with Crippen LogP contribution in [-0.2, 0) is 11.0 Å². The van der Waals surface area contributed by atoms with E-state index in [1.54, 1.807) is 4.90 Å². The number of alkyl halides is 4. The highest BCUT2D eigenvalue weighted by Gasteiger charge is 2.34. The Labute approximate surface area is 157 Å². The normalized spacial score (nSPS) is 20.1. The van der Waals surface area contributed by atoms with Crippen molar-refractivity contribution in [3.63, 3.8) is 0 Å². The van der Waals surface area contributed by atoms with Crippen molar-refractivity contribution in [3.8, 4) is 11.3 Å². The van der Waals surface area contributed by atoms with Crippen LogP contribution < -0.4 is 10.2 Å². The van der Waals surface area contributed by atoms with Gasteiger partial charge in [0.15, 0.2) is 0 Å². The number of amides is 1. The van der Waals surface area contributed by atoms with Crippen LogP contribution in [0.1, 0.15) is 18.9 Å². The number of rotatable bonds is 3. The van der Waals surface area contributed by atoms with Gasteiger partial charge in [-0.2, -0.15) is 13.2 Å².